The molecule has 33 heavy (non-hydrogen) atoms. The summed E-state index contributed by atoms with van der Waals surface area (Å²) in [6.45, 7) is 1.95. The molecule has 0 aliphatic rings. The van der Waals surface area contributed by atoms with E-state index in [-0.39, 0.29) is 17.8 Å². The second-order valence-corrected chi connectivity index (χ2v) is 7.59. The topological polar surface area (TPSA) is 102 Å². The summed E-state index contributed by atoms with van der Waals surface area (Å²) in [4.78, 5) is 41.1. The van der Waals surface area contributed by atoms with Crippen LogP contribution in [0.25, 0.3) is 10.9 Å². The van der Waals surface area contributed by atoms with Crippen LogP contribution in [0, 0.1) is 6.92 Å². The zero-order valence-electron chi connectivity index (χ0n) is 18.5. The molecule has 0 fully saturated rings. The molecule has 0 spiro atoms. The number of hydrogen-bond donors (Lipinski definition) is 2. The average Bonchev–Trinajstić information content (AvgIpc) is 2.82. The van der Waals surface area contributed by atoms with E-state index in [1.807, 2.05) is 19.1 Å². The molecule has 1 aromatic heterocycles. The van der Waals surface area contributed by atoms with E-state index < -0.39 is 11.2 Å². The maximum Gasteiger partial charge on any atom is 0.329 e. The van der Waals surface area contributed by atoms with Crippen LogP contribution in [0.2, 0.25) is 0 Å². The molecule has 2 N–H and O–H groups in total. The van der Waals surface area contributed by atoms with Gasteiger partial charge in [0.05, 0.1) is 31.7 Å². The molecule has 4 rings (SSSR count). The summed E-state index contributed by atoms with van der Waals surface area (Å²) >= 11 is 0. The van der Waals surface area contributed by atoms with E-state index in [2.05, 4.69) is 10.3 Å². The Morgan fingerprint density at radius 1 is 0.970 bits per heavy atom. The van der Waals surface area contributed by atoms with Crippen molar-refractivity contribution in [2.75, 3.05) is 19.5 Å². The molecule has 0 bridgehead atoms. The normalized spacial score (nSPS) is 10.8. The fourth-order valence-electron chi connectivity index (χ4n) is 3.62. The number of fused-ring (bicyclic) bond motifs is 1. The minimum Gasteiger partial charge on any atom is -0.493 e. The number of amides is 1. The highest BCUT2D eigenvalue weighted by atomic mass is 16.5. The molecule has 0 radical (unpaired) electrons. The molecule has 0 unspecified atom stereocenters. The molecule has 1 amide bonds. The summed E-state index contributed by atoms with van der Waals surface area (Å²) < 4.78 is 11.6. The van der Waals surface area contributed by atoms with Gasteiger partial charge in [0.25, 0.3) is 11.5 Å². The molecule has 0 atom stereocenters. The monoisotopic (exact) mass is 445 g/mol. The van der Waals surface area contributed by atoms with Gasteiger partial charge in [0.2, 0.25) is 0 Å². The number of nitrogens with one attached hydrogen (secondary N) is 2. The van der Waals surface area contributed by atoms with Crippen molar-refractivity contribution in [1.29, 1.82) is 0 Å². The van der Waals surface area contributed by atoms with Crippen LogP contribution in [0.5, 0.6) is 11.5 Å². The largest absolute Gasteiger partial charge is 0.493 e. The van der Waals surface area contributed by atoms with Gasteiger partial charge >= 0.3 is 5.69 Å². The average molecular weight is 445 g/mol. The van der Waals surface area contributed by atoms with E-state index in [0.29, 0.717) is 33.8 Å². The van der Waals surface area contributed by atoms with Gasteiger partial charge in [-0.15, -0.1) is 0 Å². The van der Waals surface area contributed by atoms with Crippen LogP contribution in [-0.4, -0.2) is 29.7 Å². The van der Waals surface area contributed by atoms with Gasteiger partial charge in [0.15, 0.2) is 11.5 Å². The highest BCUT2D eigenvalue weighted by Gasteiger charge is 2.12. The molecule has 8 heteroatoms. The predicted octanol–water partition coefficient (Wildman–Crippen LogP) is 3.32. The van der Waals surface area contributed by atoms with Crippen molar-refractivity contribution >= 4 is 22.5 Å². The van der Waals surface area contributed by atoms with E-state index in [1.165, 1.54) is 14.2 Å². The molecular weight excluding hydrogens is 422 g/mol. The number of aryl methyl sites for hydroxylation is 1. The number of carbonyl (C=O) groups is 1. The van der Waals surface area contributed by atoms with Crippen molar-refractivity contribution in [1.82, 2.24) is 9.55 Å². The van der Waals surface area contributed by atoms with Gasteiger partial charge in [-0.3, -0.25) is 14.2 Å². The van der Waals surface area contributed by atoms with Crippen molar-refractivity contribution in [2.24, 2.45) is 0 Å². The first kappa shape index (κ1) is 21.9. The Morgan fingerprint density at radius 3 is 2.48 bits per heavy atom. The van der Waals surface area contributed by atoms with Crippen LogP contribution in [0.1, 0.15) is 21.5 Å². The minimum absolute atomic E-state index is 0.0460. The first-order chi connectivity index (χ1) is 15.9. The molecule has 0 aliphatic heterocycles. The lowest BCUT2D eigenvalue weighted by atomic mass is 10.1. The van der Waals surface area contributed by atoms with Gasteiger partial charge in [-0.1, -0.05) is 23.8 Å². The number of ether oxygens (including phenoxy) is 2. The van der Waals surface area contributed by atoms with E-state index in [0.717, 1.165) is 10.1 Å². The Bertz CT molecular complexity index is 1470. The molecule has 168 valence electrons. The standard InChI is InChI=1S/C25H23N3O5/c1-15-5-4-6-17(11-15)23(29)26-18-8-9-20-19(13-18)24(30)28(25(31)27-20)14-16-7-10-21(32-2)22(12-16)33-3/h4-13H,14H2,1-3H3,(H,26,29)(H,27,31). The van der Waals surface area contributed by atoms with E-state index in [4.69, 9.17) is 9.47 Å². The lowest BCUT2D eigenvalue weighted by Crippen LogP contribution is -2.35. The van der Waals surface area contributed by atoms with Gasteiger partial charge in [-0.2, -0.15) is 0 Å². The number of aromatic nitrogens is 2. The third kappa shape index (κ3) is 4.50. The summed E-state index contributed by atoms with van der Waals surface area (Å²) in [5.74, 6) is 0.768. The number of benzene rings is 3. The number of rotatable bonds is 6. The minimum atomic E-state index is -0.529. The summed E-state index contributed by atoms with van der Waals surface area (Å²) in [6, 6.07) is 17.2. The SMILES string of the molecule is COc1ccc(Cn2c(=O)[nH]c3ccc(NC(=O)c4cccc(C)c4)cc3c2=O)cc1OC. The zero-order chi connectivity index (χ0) is 23.5. The van der Waals surface area contributed by atoms with Crippen molar-refractivity contribution in [2.45, 2.75) is 13.5 Å². The Balaban J connectivity index is 1.69. The maximum atomic E-state index is 13.2. The maximum absolute atomic E-state index is 13.2. The van der Waals surface area contributed by atoms with Gasteiger partial charge < -0.3 is 19.8 Å². The van der Waals surface area contributed by atoms with Crippen LogP contribution in [0.15, 0.2) is 70.3 Å². The van der Waals surface area contributed by atoms with Crippen molar-refractivity contribution in [3.05, 3.63) is 98.2 Å². The van der Waals surface area contributed by atoms with Crippen LogP contribution >= 0.6 is 0 Å². The molecule has 0 saturated carbocycles. The highest BCUT2D eigenvalue weighted by molar-refractivity contribution is 6.05. The van der Waals surface area contributed by atoms with Crippen LogP contribution in [-0.2, 0) is 6.54 Å². The molecule has 3 aromatic carbocycles. The fraction of sp³-hybridized carbons (Fsp3) is 0.160. The second-order valence-electron chi connectivity index (χ2n) is 7.59. The third-order valence-electron chi connectivity index (χ3n) is 5.31. The van der Waals surface area contributed by atoms with Crippen LogP contribution in [0.4, 0.5) is 5.69 Å². The lowest BCUT2D eigenvalue weighted by molar-refractivity contribution is 0.102. The van der Waals surface area contributed by atoms with Crippen LogP contribution in [0.3, 0.4) is 0 Å². The zero-order valence-corrected chi connectivity index (χ0v) is 18.5. The highest BCUT2D eigenvalue weighted by Crippen LogP contribution is 2.27. The third-order valence-corrected chi connectivity index (χ3v) is 5.31. The van der Waals surface area contributed by atoms with Gasteiger partial charge in [0.1, 0.15) is 0 Å². The summed E-state index contributed by atoms with van der Waals surface area (Å²) in [7, 11) is 3.05. The number of anilines is 1. The number of H-pyrrole nitrogens is 1. The quantitative estimate of drug-likeness (QED) is 0.474. The number of carbonyl (C=O) groups excluding carboxylic acids is 1. The summed E-state index contributed by atoms with van der Waals surface area (Å²) in [5.41, 5.74) is 2.04. The van der Waals surface area contributed by atoms with E-state index >= 15 is 0 Å². The lowest BCUT2D eigenvalue weighted by Gasteiger charge is -2.11. The smallest absolute Gasteiger partial charge is 0.329 e. The molecule has 0 aliphatic carbocycles. The number of nitrogens with zero attached hydrogens (tertiary/aromatic N) is 1. The van der Waals surface area contributed by atoms with E-state index in [1.54, 1.807) is 48.5 Å². The van der Waals surface area contributed by atoms with Crippen LogP contribution < -0.4 is 26.0 Å². The summed E-state index contributed by atoms with van der Waals surface area (Å²) in [6.07, 6.45) is 0. The van der Waals surface area contributed by atoms with E-state index in [9.17, 15) is 14.4 Å². The molecule has 4 aromatic rings. The fourth-order valence-corrected chi connectivity index (χ4v) is 3.62. The molecule has 0 saturated heterocycles. The Hall–Kier alpha value is -4.33. The van der Waals surface area contributed by atoms with Crippen molar-refractivity contribution in [3.63, 3.8) is 0 Å². The Kier molecular flexibility index (Phi) is 5.99. The first-order valence-electron chi connectivity index (χ1n) is 10.3. The molecule has 1 heterocycles. The Morgan fingerprint density at radius 2 is 1.76 bits per heavy atom. The second kappa shape index (κ2) is 9.04. The predicted molar refractivity (Wildman–Crippen MR) is 127 cm³/mol. The first-order valence-corrected chi connectivity index (χ1v) is 10.3. The molecule has 8 nitrogen and oxygen atoms in total. The molecular formula is C25H23N3O5. The Labute approximate surface area is 189 Å². The van der Waals surface area contributed by atoms with Crippen molar-refractivity contribution < 1.29 is 14.3 Å². The summed E-state index contributed by atoms with van der Waals surface area (Å²) in [5, 5.41) is 3.10. The van der Waals surface area contributed by atoms with Gasteiger partial charge in [-0.05, 0) is 55.0 Å². The number of hydrogen-bond acceptors (Lipinski definition) is 5. The van der Waals surface area contributed by atoms with Gasteiger partial charge in [0, 0.05) is 11.3 Å². The van der Waals surface area contributed by atoms with Crippen molar-refractivity contribution in [3.8, 4) is 11.5 Å². The van der Waals surface area contributed by atoms with Gasteiger partial charge in [-0.25, -0.2) is 4.79 Å². The number of methoxy groups -OCH3 is 2. The number of aromatic amines is 1.